The van der Waals surface area contributed by atoms with Crippen LogP contribution in [0.25, 0.3) is 0 Å². The molecule has 0 radical (unpaired) electrons. The summed E-state index contributed by atoms with van der Waals surface area (Å²) >= 11 is 0. The van der Waals surface area contributed by atoms with Gasteiger partial charge in [-0.3, -0.25) is 9.59 Å². The quantitative estimate of drug-likeness (QED) is 0.822. The normalized spacial score (nSPS) is 12.5. The zero-order valence-electron chi connectivity index (χ0n) is 13.9. The molecule has 1 amide bonds. The third kappa shape index (κ3) is 4.89. The van der Waals surface area contributed by atoms with Crippen molar-refractivity contribution in [2.24, 2.45) is 0 Å². The Morgan fingerprint density at radius 1 is 1.00 bits per heavy atom. The Morgan fingerprint density at radius 3 is 2.52 bits per heavy atom. The first-order valence-electron chi connectivity index (χ1n) is 8.37. The number of esters is 1. The third-order valence-corrected chi connectivity index (χ3v) is 4.28. The van der Waals surface area contributed by atoms with E-state index in [1.807, 2.05) is 6.07 Å². The minimum atomic E-state index is -0.421. The number of halogens is 1. The van der Waals surface area contributed by atoms with Gasteiger partial charge in [-0.05, 0) is 53.6 Å². The maximum Gasteiger partial charge on any atom is 0.310 e. The molecular formula is C20H20FNO3. The highest BCUT2D eigenvalue weighted by molar-refractivity contribution is 5.81. The molecule has 0 bridgehead atoms. The first-order valence-corrected chi connectivity index (χ1v) is 8.37. The Labute approximate surface area is 146 Å². The monoisotopic (exact) mass is 341 g/mol. The lowest BCUT2D eigenvalue weighted by molar-refractivity contribution is -0.147. The van der Waals surface area contributed by atoms with Gasteiger partial charge in [0, 0.05) is 6.54 Å². The van der Waals surface area contributed by atoms with Crippen LogP contribution < -0.4 is 5.32 Å². The molecule has 0 saturated carbocycles. The van der Waals surface area contributed by atoms with Crippen LogP contribution in [0.4, 0.5) is 4.39 Å². The van der Waals surface area contributed by atoms with E-state index in [0.717, 1.165) is 30.4 Å². The fourth-order valence-electron chi connectivity index (χ4n) is 2.95. The van der Waals surface area contributed by atoms with Crippen LogP contribution in [0.5, 0.6) is 0 Å². The molecule has 1 N–H and O–H groups in total. The molecule has 1 aliphatic carbocycles. The fourth-order valence-corrected chi connectivity index (χ4v) is 2.95. The average Bonchev–Trinajstić information content (AvgIpc) is 3.07. The minimum absolute atomic E-state index is 0.165. The van der Waals surface area contributed by atoms with E-state index in [0.29, 0.717) is 0 Å². The average molecular weight is 341 g/mol. The van der Waals surface area contributed by atoms with Crippen LogP contribution in [0.2, 0.25) is 0 Å². The second kappa shape index (κ2) is 7.92. The predicted octanol–water partition coefficient (Wildman–Crippen LogP) is 2.72. The lowest BCUT2D eigenvalue weighted by Crippen LogP contribution is -2.28. The molecule has 2 aromatic rings. The van der Waals surface area contributed by atoms with Crippen LogP contribution in [-0.4, -0.2) is 18.5 Å². The zero-order chi connectivity index (χ0) is 17.6. The zero-order valence-corrected chi connectivity index (χ0v) is 13.9. The van der Waals surface area contributed by atoms with Gasteiger partial charge in [0.25, 0.3) is 5.91 Å². The van der Waals surface area contributed by atoms with E-state index in [4.69, 9.17) is 4.74 Å². The summed E-state index contributed by atoms with van der Waals surface area (Å²) in [6.07, 6.45) is 3.49. The summed E-state index contributed by atoms with van der Waals surface area (Å²) < 4.78 is 17.8. The van der Waals surface area contributed by atoms with Crippen LogP contribution in [0.15, 0.2) is 42.5 Å². The largest absolute Gasteiger partial charge is 0.455 e. The molecule has 0 heterocycles. The number of carbonyl (C=O) groups excluding carboxylic acids is 2. The number of amides is 1. The van der Waals surface area contributed by atoms with Crippen LogP contribution in [-0.2, 0) is 40.1 Å². The fraction of sp³-hybridized carbons (Fsp3) is 0.300. The van der Waals surface area contributed by atoms with Crippen molar-refractivity contribution in [3.8, 4) is 0 Å². The van der Waals surface area contributed by atoms with Crippen LogP contribution >= 0.6 is 0 Å². The topological polar surface area (TPSA) is 55.4 Å². The van der Waals surface area contributed by atoms with E-state index in [9.17, 15) is 14.0 Å². The third-order valence-electron chi connectivity index (χ3n) is 4.28. The first kappa shape index (κ1) is 17.1. The van der Waals surface area contributed by atoms with Gasteiger partial charge in [-0.1, -0.05) is 30.3 Å². The molecule has 2 aromatic carbocycles. The van der Waals surface area contributed by atoms with Crippen molar-refractivity contribution in [1.29, 1.82) is 0 Å². The number of benzene rings is 2. The van der Waals surface area contributed by atoms with Crippen LogP contribution in [0, 0.1) is 5.82 Å². The second-order valence-electron chi connectivity index (χ2n) is 6.20. The van der Waals surface area contributed by atoms with Crippen molar-refractivity contribution < 1.29 is 18.7 Å². The van der Waals surface area contributed by atoms with Gasteiger partial charge in [-0.25, -0.2) is 4.39 Å². The van der Waals surface area contributed by atoms with Crippen LogP contribution in [0.1, 0.15) is 28.7 Å². The molecule has 4 nitrogen and oxygen atoms in total. The molecule has 0 aliphatic heterocycles. The number of rotatable bonds is 6. The number of hydrogen-bond acceptors (Lipinski definition) is 3. The molecular weight excluding hydrogens is 321 g/mol. The number of nitrogens with one attached hydrogen (secondary N) is 1. The molecule has 1 aliphatic rings. The van der Waals surface area contributed by atoms with Crippen molar-refractivity contribution in [3.63, 3.8) is 0 Å². The summed E-state index contributed by atoms with van der Waals surface area (Å²) in [7, 11) is 0. The Morgan fingerprint density at radius 2 is 1.72 bits per heavy atom. The van der Waals surface area contributed by atoms with E-state index in [-0.39, 0.29) is 31.3 Å². The molecule has 25 heavy (non-hydrogen) atoms. The molecule has 130 valence electrons. The maximum absolute atomic E-state index is 12.8. The number of aryl methyl sites for hydroxylation is 2. The van der Waals surface area contributed by atoms with Crippen molar-refractivity contribution in [3.05, 3.63) is 70.5 Å². The summed E-state index contributed by atoms with van der Waals surface area (Å²) in [6.45, 7) is -0.0492. The minimum Gasteiger partial charge on any atom is -0.455 e. The SMILES string of the molecule is O=C(COC(=O)Cc1ccc2c(c1)CCC2)NCc1ccc(F)cc1. The van der Waals surface area contributed by atoms with E-state index in [1.165, 1.54) is 23.3 Å². The summed E-state index contributed by atoms with van der Waals surface area (Å²) in [6, 6.07) is 11.9. The van der Waals surface area contributed by atoms with Gasteiger partial charge < -0.3 is 10.1 Å². The smallest absolute Gasteiger partial charge is 0.310 e. The van der Waals surface area contributed by atoms with Gasteiger partial charge in [-0.2, -0.15) is 0 Å². The van der Waals surface area contributed by atoms with Gasteiger partial charge in [0.05, 0.1) is 6.42 Å². The highest BCUT2D eigenvalue weighted by atomic mass is 19.1. The van der Waals surface area contributed by atoms with Crippen molar-refractivity contribution in [1.82, 2.24) is 5.32 Å². The lowest BCUT2D eigenvalue weighted by atomic mass is 10.0. The predicted molar refractivity (Wildman–Crippen MR) is 91.4 cm³/mol. The summed E-state index contributed by atoms with van der Waals surface area (Å²) in [5.74, 6) is -1.13. The molecule has 0 fully saturated rings. The van der Waals surface area contributed by atoms with Crippen LogP contribution in [0.3, 0.4) is 0 Å². The van der Waals surface area contributed by atoms with Gasteiger partial charge in [0.1, 0.15) is 5.82 Å². The van der Waals surface area contributed by atoms with E-state index >= 15 is 0 Å². The van der Waals surface area contributed by atoms with E-state index in [1.54, 1.807) is 12.1 Å². The molecule has 0 saturated heterocycles. The maximum atomic E-state index is 12.8. The Kier molecular flexibility index (Phi) is 5.43. The molecule has 0 spiro atoms. The molecule has 0 aromatic heterocycles. The van der Waals surface area contributed by atoms with Crippen molar-refractivity contribution in [2.45, 2.75) is 32.2 Å². The number of carbonyl (C=O) groups is 2. The van der Waals surface area contributed by atoms with Crippen molar-refractivity contribution >= 4 is 11.9 Å². The molecule has 0 atom stereocenters. The van der Waals surface area contributed by atoms with Gasteiger partial charge in [0.2, 0.25) is 0 Å². The van der Waals surface area contributed by atoms with E-state index < -0.39 is 5.97 Å². The van der Waals surface area contributed by atoms with E-state index in [2.05, 4.69) is 17.4 Å². The number of hydrogen-bond donors (Lipinski definition) is 1. The standard InChI is InChI=1S/C20H20FNO3/c21-18-8-5-14(6-9-18)12-22-19(23)13-25-20(24)11-15-4-7-16-2-1-3-17(16)10-15/h4-10H,1-3,11-13H2,(H,22,23). The first-order chi connectivity index (χ1) is 12.1. The summed E-state index contributed by atoms with van der Waals surface area (Å²) in [5, 5.41) is 2.63. The lowest BCUT2D eigenvalue weighted by Gasteiger charge is -2.08. The Hall–Kier alpha value is -2.69. The number of ether oxygens (including phenoxy) is 1. The summed E-state index contributed by atoms with van der Waals surface area (Å²) in [4.78, 5) is 23.6. The van der Waals surface area contributed by atoms with Gasteiger partial charge >= 0.3 is 5.97 Å². The highest BCUT2D eigenvalue weighted by Gasteiger charge is 2.13. The Balaban J connectivity index is 1.41. The second-order valence-corrected chi connectivity index (χ2v) is 6.20. The summed E-state index contributed by atoms with van der Waals surface area (Å²) in [5.41, 5.74) is 4.36. The van der Waals surface area contributed by atoms with Gasteiger partial charge in [0.15, 0.2) is 6.61 Å². The van der Waals surface area contributed by atoms with Crippen molar-refractivity contribution in [2.75, 3.05) is 6.61 Å². The molecule has 5 heteroatoms. The molecule has 3 rings (SSSR count). The number of fused-ring (bicyclic) bond motifs is 1. The Bertz CT molecular complexity index is 771. The molecule has 0 unspecified atom stereocenters. The van der Waals surface area contributed by atoms with Gasteiger partial charge in [-0.15, -0.1) is 0 Å². The highest BCUT2D eigenvalue weighted by Crippen LogP contribution is 2.23.